The van der Waals surface area contributed by atoms with E-state index in [1.54, 1.807) is 0 Å². The van der Waals surface area contributed by atoms with Crippen LogP contribution in [-0.4, -0.2) is 33.2 Å². The number of hydrogen-bond donors (Lipinski definition) is 0. The molecule has 438 valence electrons. The van der Waals surface area contributed by atoms with Crippen LogP contribution in [0, 0.1) is 0 Å². The maximum Gasteiger partial charge on any atom is 0.164 e. The van der Waals surface area contributed by atoms with Crippen molar-refractivity contribution in [2.24, 2.45) is 0 Å². The quantitative estimate of drug-likeness (QED) is 0.137. The summed E-state index contributed by atoms with van der Waals surface area (Å²) in [6.07, 6.45) is 0. The van der Waals surface area contributed by atoms with Gasteiger partial charge in [0, 0.05) is 82.5 Å². The van der Waals surface area contributed by atoms with Gasteiger partial charge in [-0.15, -0.1) is 0 Å². The smallest absolute Gasteiger partial charge is 0.164 e. The number of nitrogens with zero attached hydrogens (tertiary/aromatic N) is 7. The number of rotatable bonds is 10. The first kappa shape index (κ1) is 53.2. The molecule has 7 heteroatoms. The van der Waals surface area contributed by atoms with Gasteiger partial charge in [0.15, 0.2) is 17.5 Å². The molecule has 0 unspecified atom stereocenters. The van der Waals surface area contributed by atoms with Crippen LogP contribution in [0.4, 0.5) is 0 Å². The van der Waals surface area contributed by atoms with Crippen LogP contribution in [0.25, 0.3) is 178 Å². The Labute approximate surface area is 541 Å². The van der Waals surface area contributed by atoms with Crippen LogP contribution in [0.5, 0.6) is 0 Å². The molecule has 0 aliphatic carbocycles. The van der Waals surface area contributed by atoms with Gasteiger partial charge in [-0.05, 0) is 179 Å². The number of benzene rings is 14. The topological polar surface area (TPSA) is 58.4 Å². The zero-order chi connectivity index (χ0) is 61.8. The highest BCUT2D eigenvalue weighted by atomic mass is 15.0. The van der Waals surface area contributed by atoms with Crippen LogP contribution in [0.2, 0.25) is 0 Å². The first-order chi connectivity index (χ1) is 46.6. The minimum atomic E-state index is 0.591. The van der Waals surface area contributed by atoms with Crippen LogP contribution >= 0.6 is 0 Å². The summed E-state index contributed by atoms with van der Waals surface area (Å²) in [4.78, 5) is 16.0. The SMILES string of the molecule is c1ccc(-c2ccccc2-c2nc(-c3ccc(-n4c5ccccc5c5cc(-c6ccc7c(c6)c6ccccc6n7-c6ccccc6)ccc54)cc3)nc(-c3ccc(-n4c5ccccc5c5cc(-c6ccc7c(c6)c6ccccc6n7-c6ccccc6)ccc54)cc3)n2)cc1. The number of hydrogen-bond acceptors (Lipinski definition) is 3. The number of fused-ring (bicyclic) bond motifs is 12. The molecule has 0 fully saturated rings. The Morgan fingerprint density at radius 1 is 0.160 bits per heavy atom. The van der Waals surface area contributed by atoms with Gasteiger partial charge in [0.2, 0.25) is 0 Å². The monoisotopic (exact) mass is 1200 g/mol. The minimum Gasteiger partial charge on any atom is -0.309 e. The molecule has 0 aliphatic heterocycles. The summed E-state index contributed by atoms with van der Waals surface area (Å²) in [6.45, 7) is 0. The summed E-state index contributed by atoms with van der Waals surface area (Å²) >= 11 is 0. The molecule has 19 rings (SSSR count). The molecule has 0 N–H and O–H groups in total. The van der Waals surface area contributed by atoms with Crippen LogP contribution in [0.15, 0.2) is 334 Å². The number of aromatic nitrogens is 7. The predicted molar refractivity (Wildman–Crippen MR) is 390 cm³/mol. The van der Waals surface area contributed by atoms with Gasteiger partial charge in [0.1, 0.15) is 0 Å². The Morgan fingerprint density at radius 3 is 0.766 bits per heavy atom. The first-order valence-electron chi connectivity index (χ1n) is 32.0. The second kappa shape index (κ2) is 21.5. The summed E-state index contributed by atoms with van der Waals surface area (Å²) in [6, 6.07) is 120. The van der Waals surface area contributed by atoms with E-state index in [0.717, 1.165) is 72.6 Å². The molecule has 0 amide bonds. The molecule has 5 heterocycles. The van der Waals surface area contributed by atoms with Crippen molar-refractivity contribution in [3.05, 3.63) is 334 Å². The van der Waals surface area contributed by atoms with Crippen molar-refractivity contribution >= 4 is 87.2 Å². The Hall–Kier alpha value is -12.7. The average molecular weight is 1200 g/mol. The molecule has 0 saturated heterocycles. The van der Waals surface area contributed by atoms with Gasteiger partial charge in [0.25, 0.3) is 0 Å². The maximum atomic E-state index is 5.33. The van der Waals surface area contributed by atoms with Crippen LogP contribution in [0.3, 0.4) is 0 Å². The standard InChI is InChI=1S/C87H55N7/c1-4-20-56(21-5-1)67-26-10-11-31-72(67)87-89-85(57-36-44-65(45-37-57)93-79-34-18-14-29-70(79)75-54-61(42-50-83(75)93)59-40-48-81-73(52-59)68-27-12-16-32-77(68)91(81)63-22-6-2-7-23-63)88-86(90-87)58-38-46-66(47-39-58)94-80-35-19-15-30-71(80)76-55-62(43-51-84(76)94)60-41-49-82-74(53-60)69-28-13-17-33-78(69)92(82)64-24-8-3-9-25-64/h1-55H. The molecule has 0 spiro atoms. The molecule has 0 bridgehead atoms. The van der Waals surface area contributed by atoms with E-state index in [1.165, 1.54) is 87.4 Å². The molecule has 0 aliphatic rings. The van der Waals surface area contributed by atoms with Crippen LogP contribution in [0.1, 0.15) is 0 Å². The Balaban J connectivity index is 0.686. The van der Waals surface area contributed by atoms with E-state index in [9.17, 15) is 0 Å². The maximum absolute atomic E-state index is 5.33. The third-order valence-corrected chi connectivity index (χ3v) is 19.0. The Morgan fingerprint density at radius 2 is 0.415 bits per heavy atom. The van der Waals surface area contributed by atoms with Crippen molar-refractivity contribution in [2.45, 2.75) is 0 Å². The van der Waals surface area contributed by atoms with Crippen LogP contribution < -0.4 is 0 Å². The fourth-order valence-corrected chi connectivity index (χ4v) is 14.7. The molecule has 5 aromatic heterocycles. The van der Waals surface area contributed by atoms with Crippen molar-refractivity contribution in [3.63, 3.8) is 0 Å². The van der Waals surface area contributed by atoms with Crippen molar-refractivity contribution in [3.8, 4) is 90.3 Å². The van der Waals surface area contributed by atoms with Crippen molar-refractivity contribution in [1.29, 1.82) is 0 Å². The fraction of sp³-hybridized carbons (Fsp3) is 0. The van der Waals surface area contributed by atoms with E-state index in [-0.39, 0.29) is 0 Å². The third-order valence-electron chi connectivity index (χ3n) is 19.0. The van der Waals surface area contributed by atoms with Crippen molar-refractivity contribution in [2.75, 3.05) is 0 Å². The van der Waals surface area contributed by atoms with Gasteiger partial charge in [0.05, 0.1) is 44.1 Å². The molecule has 0 radical (unpaired) electrons. The normalized spacial score (nSPS) is 11.8. The van der Waals surface area contributed by atoms with E-state index in [2.05, 4.69) is 346 Å². The minimum absolute atomic E-state index is 0.591. The van der Waals surface area contributed by atoms with Gasteiger partial charge in [-0.1, -0.05) is 188 Å². The lowest BCUT2D eigenvalue weighted by molar-refractivity contribution is 1.07. The highest BCUT2D eigenvalue weighted by molar-refractivity contribution is 6.15. The lowest BCUT2D eigenvalue weighted by Gasteiger charge is -2.13. The number of para-hydroxylation sites is 6. The summed E-state index contributed by atoms with van der Waals surface area (Å²) in [5.74, 6) is 1.79. The first-order valence-corrected chi connectivity index (χ1v) is 32.0. The molecule has 94 heavy (non-hydrogen) atoms. The van der Waals surface area contributed by atoms with E-state index < -0.39 is 0 Å². The highest BCUT2D eigenvalue weighted by Crippen LogP contribution is 2.42. The van der Waals surface area contributed by atoms with Gasteiger partial charge in [-0.3, -0.25) is 0 Å². The van der Waals surface area contributed by atoms with Crippen LogP contribution in [-0.2, 0) is 0 Å². The van der Waals surface area contributed by atoms with Gasteiger partial charge in [-0.25, -0.2) is 15.0 Å². The summed E-state index contributed by atoms with van der Waals surface area (Å²) in [5, 5.41) is 9.72. The summed E-state index contributed by atoms with van der Waals surface area (Å²) < 4.78 is 9.49. The molecular weight excluding hydrogens is 1140 g/mol. The van der Waals surface area contributed by atoms with Gasteiger partial charge >= 0.3 is 0 Å². The molecule has 0 atom stereocenters. The van der Waals surface area contributed by atoms with Crippen molar-refractivity contribution in [1.82, 2.24) is 33.2 Å². The zero-order valence-corrected chi connectivity index (χ0v) is 50.9. The zero-order valence-electron chi connectivity index (χ0n) is 50.9. The lowest BCUT2D eigenvalue weighted by atomic mass is 9.99. The Bertz CT molecular complexity index is 5860. The molecule has 14 aromatic carbocycles. The van der Waals surface area contributed by atoms with Crippen molar-refractivity contribution < 1.29 is 0 Å². The van der Waals surface area contributed by atoms with E-state index >= 15 is 0 Å². The highest BCUT2D eigenvalue weighted by Gasteiger charge is 2.21. The predicted octanol–water partition coefficient (Wildman–Crippen LogP) is 22.3. The van der Waals surface area contributed by atoms with E-state index in [1.807, 2.05) is 6.07 Å². The second-order valence-corrected chi connectivity index (χ2v) is 24.3. The second-order valence-electron chi connectivity index (χ2n) is 24.3. The summed E-state index contributed by atoms with van der Waals surface area (Å²) in [5.41, 5.74) is 23.3. The fourth-order valence-electron chi connectivity index (χ4n) is 14.7. The summed E-state index contributed by atoms with van der Waals surface area (Å²) in [7, 11) is 0. The van der Waals surface area contributed by atoms with Gasteiger partial charge in [-0.2, -0.15) is 0 Å². The molecular formula is C87H55N7. The Kier molecular flexibility index (Phi) is 12.1. The third kappa shape index (κ3) is 8.56. The molecule has 19 aromatic rings. The average Bonchev–Trinajstić information content (AvgIpc) is 1.57. The molecule has 7 nitrogen and oxygen atoms in total. The molecule has 0 saturated carbocycles. The largest absolute Gasteiger partial charge is 0.309 e. The van der Waals surface area contributed by atoms with Gasteiger partial charge < -0.3 is 18.3 Å². The lowest BCUT2D eigenvalue weighted by Crippen LogP contribution is -2.02. The van der Waals surface area contributed by atoms with E-state index in [4.69, 9.17) is 15.0 Å². The van der Waals surface area contributed by atoms with E-state index in [0.29, 0.717) is 17.5 Å².